The third-order valence-electron chi connectivity index (χ3n) is 8.94. The zero-order chi connectivity index (χ0) is 32.3. The molecule has 4 aliphatic rings. The van der Waals surface area contributed by atoms with E-state index >= 15 is 4.39 Å². The van der Waals surface area contributed by atoms with Crippen LogP contribution in [0.3, 0.4) is 0 Å². The highest BCUT2D eigenvalue weighted by atomic mass is 19.4. The fourth-order valence-electron chi connectivity index (χ4n) is 5.72. The number of carbonyl (C=O) groups is 1. The number of hydrogen-bond donors (Lipinski definition) is 0. The topological polar surface area (TPSA) is 69.7 Å². The van der Waals surface area contributed by atoms with Gasteiger partial charge < -0.3 is 33.3 Å². The van der Waals surface area contributed by atoms with Crippen molar-refractivity contribution in [2.45, 2.75) is 109 Å². The molecular weight excluding hydrogens is 583 g/mol. The molecule has 13 heteroatoms. The summed E-state index contributed by atoms with van der Waals surface area (Å²) in [6.45, 7) is 13.6. The number of ether oxygens (including phenoxy) is 3. The Kier molecular flexibility index (Phi) is 8.50. The number of rotatable bonds is 5. The monoisotopic (exact) mass is 626 g/mol. The summed E-state index contributed by atoms with van der Waals surface area (Å²) in [6.07, 6.45) is -2.24. The van der Waals surface area contributed by atoms with Gasteiger partial charge in [0, 0.05) is 31.7 Å². The van der Waals surface area contributed by atoms with Gasteiger partial charge >= 0.3 is 19.4 Å². The van der Waals surface area contributed by atoms with Crippen molar-refractivity contribution in [3.63, 3.8) is 0 Å². The quantitative estimate of drug-likeness (QED) is 0.263. The van der Waals surface area contributed by atoms with E-state index in [0.29, 0.717) is 38.8 Å². The lowest BCUT2D eigenvalue weighted by Crippen LogP contribution is -2.58. The highest BCUT2D eigenvalue weighted by Gasteiger charge is 2.53. The first-order chi connectivity index (χ1) is 20.3. The number of hydrogen-bond acceptors (Lipinski definition) is 7. The van der Waals surface area contributed by atoms with E-state index < -0.39 is 53.1 Å². The molecule has 1 amide bonds. The average molecular weight is 626 g/mol. The third kappa shape index (κ3) is 6.99. The van der Waals surface area contributed by atoms with Gasteiger partial charge in [-0.05, 0) is 92.4 Å². The number of halogens is 4. The Balaban J connectivity index is 1.48. The van der Waals surface area contributed by atoms with Crippen LogP contribution in [0.1, 0.15) is 85.3 Å². The second-order valence-electron chi connectivity index (χ2n) is 14.2. The number of alkyl halides is 3. The zero-order valence-corrected chi connectivity index (χ0v) is 26.6. The van der Waals surface area contributed by atoms with Crippen molar-refractivity contribution in [2.24, 2.45) is 0 Å². The zero-order valence-electron chi connectivity index (χ0n) is 26.6. The highest BCUT2D eigenvalue weighted by Crippen LogP contribution is 2.48. The molecule has 1 aromatic rings. The molecule has 0 radical (unpaired) electrons. The average Bonchev–Trinajstić information content (AvgIpc) is 3.67. The van der Waals surface area contributed by atoms with E-state index in [0.717, 1.165) is 6.08 Å². The van der Waals surface area contributed by atoms with E-state index in [1.54, 1.807) is 58.3 Å². The molecule has 1 spiro atoms. The van der Waals surface area contributed by atoms with Crippen molar-refractivity contribution in [1.82, 2.24) is 4.90 Å². The largest absolute Gasteiger partial charge is 0.525 e. The fraction of sp³-hybridized carbons (Fsp3) is 0.710. The number of benzene rings is 1. The summed E-state index contributed by atoms with van der Waals surface area (Å²) in [4.78, 5) is 15.9. The van der Waals surface area contributed by atoms with Gasteiger partial charge in [-0.25, -0.2) is 9.18 Å². The SMILES string of the molecule is CC(C)(C)OC(=O)N1CCC2(CC1)CN(c1c(/C=C(\F)B3OC(C)(C)C(C)(C)O3)ccc(OC3CC3)c1C(F)(F)F)CCO2. The number of piperidine rings is 1. The molecule has 0 unspecified atom stereocenters. The summed E-state index contributed by atoms with van der Waals surface area (Å²) >= 11 is 0. The molecular formula is C31H43BF4N2O6. The van der Waals surface area contributed by atoms with Crippen molar-refractivity contribution >= 4 is 25.0 Å². The number of morpholine rings is 1. The molecule has 244 valence electrons. The Morgan fingerprint density at radius 3 is 2.18 bits per heavy atom. The summed E-state index contributed by atoms with van der Waals surface area (Å²) in [6, 6.07) is 2.73. The van der Waals surface area contributed by atoms with Crippen LogP contribution in [0.15, 0.2) is 17.9 Å². The Labute approximate surface area is 257 Å². The van der Waals surface area contributed by atoms with E-state index in [1.807, 2.05) is 0 Å². The predicted octanol–water partition coefficient (Wildman–Crippen LogP) is 6.79. The Morgan fingerprint density at radius 2 is 1.64 bits per heavy atom. The van der Waals surface area contributed by atoms with E-state index in [2.05, 4.69) is 0 Å². The molecule has 8 nitrogen and oxygen atoms in total. The van der Waals surface area contributed by atoms with E-state index in [9.17, 15) is 18.0 Å². The fourth-order valence-corrected chi connectivity index (χ4v) is 5.72. The molecule has 5 rings (SSSR count). The molecule has 0 aromatic heterocycles. The normalized spacial score (nSPS) is 23.7. The van der Waals surface area contributed by atoms with Gasteiger partial charge in [0.1, 0.15) is 22.6 Å². The first-order valence-electron chi connectivity index (χ1n) is 15.3. The summed E-state index contributed by atoms with van der Waals surface area (Å²) in [5.74, 6) is -0.275. The minimum absolute atomic E-state index is 0.0379. The Hall–Kier alpha value is -2.51. The number of amides is 1. The lowest BCUT2D eigenvalue weighted by Gasteiger charge is -2.48. The first kappa shape index (κ1) is 32.9. The van der Waals surface area contributed by atoms with Crippen molar-refractivity contribution in [3.8, 4) is 5.75 Å². The molecule has 1 saturated carbocycles. The molecule has 0 N–H and O–H groups in total. The van der Waals surface area contributed by atoms with Crippen LogP contribution in [-0.4, -0.2) is 79.4 Å². The maximum atomic E-state index is 15.8. The second-order valence-corrected chi connectivity index (χ2v) is 14.2. The molecule has 3 aliphatic heterocycles. The van der Waals surface area contributed by atoms with Gasteiger partial charge in [-0.2, -0.15) is 13.2 Å². The van der Waals surface area contributed by atoms with Crippen LogP contribution >= 0.6 is 0 Å². The number of anilines is 1. The van der Waals surface area contributed by atoms with Gasteiger partial charge in [-0.1, -0.05) is 0 Å². The van der Waals surface area contributed by atoms with E-state index in [4.69, 9.17) is 23.5 Å². The first-order valence-corrected chi connectivity index (χ1v) is 15.3. The molecule has 44 heavy (non-hydrogen) atoms. The molecule has 4 fully saturated rings. The van der Waals surface area contributed by atoms with Crippen LogP contribution in [0.5, 0.6) is 5.75 Å². The van der Waals surface area contributed by atoms with Crippen molar-refractivity contribution in [1.29, 1.82) is 0 Å². The minimum Gasteiger partial charge on any atom is -0.490 e. The molecule has 3 heterocycles. The lowest BCUT2D eigenvalue weighted by atomic mass is 9.85. The standard InChI is InChI=1S/C31H43BF4N2O6/c1-27(2,3)42-26(39)37-14-12-30(13-15-37)19-38(16-17-40-30)25-20(18-23(33)32-43-28(4,5)29(6,7)44-32)8-11-22(41-21-9-10-21)24(25)31(34,35)36/h8,11,18,21H,9-10,12-17,19H2,1-7H3/b23-18-. The number of carbonyl (C=O) groups excluding carboxylic acids is 1. The maximum Gasteiger partial charge on any atom is 0.525 e. The van der Waals surface area contributed by atoms with E-state index in [1.165, 1.54) is 12.1 Å². The number of likely N-dealkylation sites (tertiary alicyclic amines) is 1. The second kappa shape index (κ2) is 11.4. The van der Waals surface area contributed by atoms with Crippen LogP contribution in [0.4, 0.5) is 28.0 Å². The van der Waals surface area contributed by atoms with E-state index in [-0.39, 0.29) is 42.8 Å². The number of nitrogens with zero attached hydrogens (tertiary/aromatic N) is 2. The van der Waals surface area contributed by atoms with Crippen LogP contribution in [0.2, 0.25) is 0 Å². The van der Waals surface area contributed by atoms with Gasteiger partial charge in [0.2, 0.25) is 0 Å². The Bertz CT molecular complexity index is 1270. The Morgan fingerprint density at radius 1 is 1.02 bits per heavy atom. The summed E-state index contributed by atoms with van der Waals surface area (Å²) in [5, 5.41) is 0. The summed E-state index contributed by atoms with van der Waals surface area (Å²) in [7, 11) is -1.36. The van der Waals surface area contributed by atoms with Crippen LogP contribution < -0.4 is 9.64 Å². The van der Waals surface area contributed by atoms with Gasteiger partial charge in [0.05, 0.1) is 35.2 Å². The van der Waals surface area contributed by atoms with Gasteiger partial charge in [-0.3, -0.25) is 0 Å². The van der Waals surface area contributed by atoms with Crippen molar-refractivity contribution in [3.05, 3.63) is 29.0 Å². The molecule has 3 saturated heterocycles. The van der Waals surface area contributed by atoms with Crippen LogP contribution in [0.25, 0.3) is 6.08 Å². The summed E-state index contributed by atoms with van der Waals surface area (Å²) < 4.78 is 89.6. The van der Waals surface area contributed by atoms with Crippen LogP contribution in [0, 0.1) is 0 Å². The molecule has 1 aliphatic carbocycles. The minimum atomic E-state index is -4.78. The summed E-state index contributed by atoms with van der Waals surface area (Å²) in [5.41, 5.74) is -4.99. The smallest absolute Gasteiger partial charge is 0.490 e. The molecule has 0 atom stereocenters. The third-order valence-corrected chi connectivity index (χ3v) is 8.94. The van der Waals surface area contributed by atoms with Crippen molar-refractivity contribution in [2.75, 3.05) is 37.7 Å². The lowest BCUT2D eigenvalue weighted by molar-refractivity contribution is -0.139. The van der Waals surface area contributed by atoms with Crippen LogP contribution in [-0.2, 0) is 25.0 Å². The van der Waals surface area contributed by atoms with Crippen molar-refractivity contribution < 1.29 is 45.9 Å². The van der Waals surface area contributed by atoms with Gasteiger partial charge in [-0.15, -0.1) is 0 Å². The molecule has 0 bridgehead atoms. The maximum absolute atomic E-state index is 15.8. The highest BCUT2D eigenvalue weighted by molar-refractivity contribution is 6.54. The molecule has 1 aromatic carbocycles. The van der Waals surface area contributed by atoms with Gasteiger partial charge in [0.15, 0.2) is 0 Å². The predicted molar refractivity (Wildman–Crippen MR) is 158 cm³/mol. The van der Waals surface area contributed by atoms with Gasteiger partial charge in [0.25, 0.3) is 0 Å².